The molecule has 0 fully saturated rings. The number of aliphatic imine (C=N–C) groups is 1. The van der Waals surface area contributed by atoms with Crippen molar-refractivity contribution in [1.82, 2.24) is 0 Å². The van der Waals surface area contributed by atoms with Crippen LogP contribution in [0.4, 0.5) is 0 Å². The fraction of sp³-hybridized carbons (Fsp3) is 0.389. The molecular weight excluding hydrogens is 230 g/mol. The lowest BCUT2D eigenvalue weighted by molar-refractivity contribution is 0.522. The monoisotopic (exact) mass is 257 g/mol. The molecule has 0 aliphatic heterocycles. The third-order valence-corrected chi connectivity index (χ3v) is 3.01. The molecule has 104 valence electrons. The Morgan fingerprint density at radius 3 is 2.05 bits per heavy atom. The third-order valence-electron chi connectivity index (χ3n) is 3.01. The predicted molar refractivity (Wildman–Crippen MR) is 88.6 cm³/mol. The summed E-state index contributed by atoms with van der Waals surface area (Å²) in [6, 6.07) is 0. The Kier molecular flexibility index (Phi) is 7.06. The smallest absolute Gasteiger partial charge is 0.0307 e. The van der Waals surface area contributed by atoms with Gasteiger partial charge in [0.15, 0.2) is 0 Å². The van der Waals surface area contributed by atoms with Gasteiger partial charge in [-0.25, -0.2) is 0 Å². The van der Waals surface area contributed by atoms with Gasteiger partial charge in [-0.05, 0) is 42.9 Å². The second-order valence-electron chi connectivity index (χ2n) is 5.59. The molecule has 0 aliphatic carbocycles. The Labute approximate surface area is 118 Å². The Hall–Kier alpha value is -1.63. The fourth-order valence-electron chi connectivity index (χ4n) is 1.78. The van der Waals surface area contributed by atoms with Crippen molar-refractivity contribution in [1.29, 1.82) is 0 Å². The van der Waals surface area contributed by atoms with Gasteiger partial charge in [-0.2, -0.15) is 0 Å². The number of hydrogen-bond acceptors (Lipinski definition) is 1. The number of hydrogen-bond donors (Lipinski definition) is 0. The largest absolute Gasteiger partial charge is 0.265 e. The minimum Gasteiger partial charge on any atom is -0.265 e. The van der Waals surface area contributed by atoms with E-state index in [1.54, 1.807) is 6.20 Å². The number of nitrogens with zero attached hydrogens (tertiary/aromatic N) is 1. The predicted octanol–water partition coefficient (Wildman–Crippen LogP) is 5.64. The number of allylic oxidation sites excluding steroid dienone is 7. The van der Waals surface area contributed by atoms with Gasteiger partial charge in [0, 0.05) is 12.4 Å². The second-order valence-corrected chi connectivity index (χ2v) is 5.59. The summed E-state index contributed by atoms with van der Waals surface area (Å²) in [6.07, 6.45) is 9.59. The SMILES string of the molecule is C=CN=C/C(=C(C)/C(C=C)=C/C(C)=C\C)C(C)(C)C. The van der Waals surface area contributed by atoms with E-state index >= 15 is 0 Å². The Balaban J connectivity index is 5.93. The quantitative estimate of drug-likeness (QED) is 0.446. The molecule has 0 aliphatic rings. The van der Waals surface area contributed by atoms with Crippen molar-refractivity contribution in [3.8, 4) is 0 Å². The first-order chi connectivity index (χ1) is 8.77. The van der Waals surface area contributed by atoms with Crippen LogP contribution >= 0.6 is 0 Å². The van der Waals surface area contributed by atoms with E-state index in [0.717, 1.165) is 5.57 Å². The first-order valence-electron chi connectivity index (χ1n) is 6.60. The zero-order chi connectivity index (χ0) is 15.1. The van der Waals surface area contributed by atoms with Crippen LogP contribution < -0.4 is 0 Å². The molecule has 1 heteroatoms. The van der Waals surface area contributed by atoms with Gasteiger partial charge in [-0.15, -0.1) is 0 Å². The van der Waals surface area contributed by atoms with E-state index in [9.17, 15) is 0 Å². The summed E-state index contributed by atoms with van der Waals surface area (Å²) in [5.74, 6) is 0. The van der Waals surface area contributed by atoms with Gasteiger partial charge >= 0.3 is 0 Å². The summed E-state index contributed by atoms with van der Waals surface area (Å²) < 4.78 is 0. The highest BCUT2D eigenvalue weighted by Gasteiger charge is 2.18. The molecule has 0 rings (SSSR count). The molecule has 19 heavy (non-hydrogen) atoms. The van der Waals surface area contributed by atoms with Gasteiger partial charge in [-0.3, -0.25) is 4.99 Å². The normalized spacial score (nSPS) is 15.5. The molecule has 0 saturated carbocycles. The van der Waals surface area contributed by atoms with E-state index < -0.39 is 0 Å². The molecule has 0 N–H and O–H groups in total. The maximum atomic E-state index is 4.18. The second kappa shape index (κ2) is 7.73. The van der Waals surface area contributed by atoms with Crippen molar-refractivity contribution in [2.75, 3.05) is 0 Å². The molecule has 0 radical (unpaired) electrons. The summed E-state index contributed by atoms with van der Waals surface area (Å²) in [5.41, 5.74) is 4.79. The molecule has 0 aromatic carbocycles. The van der Waals surface area contributed by atoms with Gasteiger partial charge < -0.3 is 0 Å². The van der Waals surface area contributed by atoms with E-state index in [2.05, 4.69) is 64.9 Å². The van der Waals surface area contributed by atoms with Crippen molar-refractivity contribution >= 4 is 6.21 Å². The van der Waals surface area contributed by atoms with Crippen LogP contribution in [0.3, 0.4) is 0 Å². The van der Waals surface area contributed by atoms with E-state index in [0.29, 0.717) is 0 Å². The first kappa shape index (κ1) is 17.4. The summed E-state index contributed by atoms with van der Waals surface area (Å²) in [7, 11) is 0. The number of rotatable bonds is 5. The average Bonchev–Trinajstić information content (AvgIpc) is 2.34. The summed E-state index contributed by atoms with van der Waals surface area (Å²) >= 11 is 0. The van der Waals surface area contributed by atoms with Crippen LogP contribution in [0.5, 0.6) is 0 Å². The topological polar surface area (TPSA) is 12.4 Å². The zero-order valence-electron chi connectivity index (χ0n) is 13.2. The van der Waals surface area contributed by atoms with Gasteiger partial charge in [0.2, 0.25) is 0 Å². The van der Waals surface area contributed by atoms with Crippen molar-refractivity contribution < 1.29 is 0 Å². The van der Waals surface area contributed by atoms with Crippen LogP contribution in [0.1, 0.15) is 41.5 Å². The van der Waals surface area contributed by atoms with Crippen LogP contribution in [-0.4, -0.2) is 6.21 Å². The molecule has 0 heterocycles. The molecule has 0 aromatic heterocycles. The highest BCUT2D eigenvalue weighted by Crippen LogP contribution is 2.30. The Bertz CT molecular complexity index is 449. The van der Waals surface area contributed by atoms with Gasteiger partial charge in [0.25, 0.3) is 0 Å². The van der Waals surface area contributed by atoms with Crippen LogP contribution in [0.2, 0.25) is 0 Å². The molecule has 0 saturated heterocycles. The molecule has 0 aromatic rings. The lowest BCUT2D eigenvalue weighted by Gasteiger charge is -2.23. The molecule has 0 amide bonds. The van der Waals surface area contributed by atoms with Crippen LogP contribution in [0.25, 0.3) is 0 Å². The highest BCUT2D eigenvalue weighted by atomic mass is 14.7. The lowest BCUT2D eigenvalue weighted by Crippen LogP contribution is -2.13. The van der Waals surface area contributed by atoms with Crippen molar-refractivity contribution in [2.45, 2.75) is 41.5 Å². The first-order valence-corrected chi connectivity index (χ1v) is 6.60. The van der Waals surface area contributed by atoms with Crippen LogP contribution in [0.15, 0.2) is 64.9 Å². The standard InChI is InChI=1S/C18H27N/c1-9-14(4)12-16(10-2)15(5)17(13-19-11-3)18(6,7)8/h9-13H,2-3H2,1,4-8H3/b14-9-,16-12+,17-15-,19-13?. The summed E-state index contributed by atoms with van der Waals surface area (Å²) in [4.78, 5) is 4.18. The highest BCUT2D eigenvalue weighted by molar-refractivity contribution is 5.83. The van der Waals surface area contributed by atoms with Gasteiger partial charge in [0.1, 0.15) is 0 Å². The maximum Gasteiger partial charge on any atom is 0.0307 e. The molecular formula is C18H27N. The molecule has 0 atom stereocenters. The van der Waals surface area contributed by atoms with Crippen molar-refractivity contribution in [3.63, 3.8) is 0 Å². The minimum atomic E-state index is 0.0303. The fourth-order valence-corrected chi connectivity index (χ4v) is 1.78. The maximum absolute atomic E-state index is 4.18. The van der Waals surface area contributed by atoms with E-state index in [1.165, 1.54) is 16.7 Å². The molecule has 0 unspecified atom stereocenters. The van der Waals surface area contributed by atoms with Crippen LogP contribution in [0, 0.1) is 5.41 Å². The van der Waals surface area contributed by atoms with E-state index in [-0.39, 0.29) is 5.41 Å². The average molecular weight is 257 g/mol. The van der Waals surface area contributed by atoms with Crippen molar-refractivity contribution in [3.05, 3.63) is 59.9 Å². The minimum absolute atomic E-state index is 0.0303. The van der Waals surface area contributed by atoms with E-state index in [1.807, 2.05) is 19.2 Å². The lowest BCUT2D eigenvalue weighted by atomic mass is 9.82. The zero-order valence-corrected chi connectivity index (χ0v) is 13.2. The molecule has 0 spiro atoms. The molecule has 1 nitrogen and oxygen atoms in total. The summed E-state index contributed by atoms with van der Waals surface area (Å²) in [5, 5.41) is 0. The third kappa shape index (κ3) is 5.69. The Morgan fingerprint density at radius 2 is 1.68 bits per heavy atom. The van der Waals surface area contributed by atoms with Crippen LogP contribution in [-0.2, 0) is 0 Å². The molecule has 0 bridgehead atoms. The van der Waals surface area contributed by atoms with Crippen molar-refractivity contribution in [2.24, 2.45) is 10.4 Å². The van der Waals surface area contributed by atoms with Gasteiger partial charge in [0.05, 0.1) is 0 Å². The summed E-state index contributed by atoms with van der Waals surface area (Å²) in [6.45, 7) is 20.4. The van der Waals surface area contributed by atoms with Gasteiger partial charge in [-0.1, -0.05) is 57.7 Å². The Morgan fingerprint density at radius 1 is 1.11 bits per heavy atom. The van der Waals surface area contributed by atoms with E-state index in [4.69, 9.17) is 0 Å².